The van der Waals surface area contributed by atoms with Crippen molar-refractivity contribution in [1.29, 1.82) is 0 Å². The lowest BCUT2D eigenvalue weighted by Crippen LogP contribution is -2.55. The topological polar surface area (TPSA) is 100 Å². The van der Waals surface area contributed by atoms with Gasteiger partial charge in [-0.05, 0) is 54.6 Å². The van der Waals surface area contributed by atoms with Gasteiger partial charge in [0.05, 0.1) is 23.6 Å². The number of pyridine rings is 1. The molecule has 0 saturated carbocycles. The van der Waals surface area contributed by atoms with Crippen LogP contribution in [0.5, 0.6) is 0 Å². The zero-order chi connectivity index (χ0) is 26.6. The van der Waals surface area contributed by atoms with Gasteiger partial charge >= 0.3 is 5.92 Å². The van der Waals surface area contributed by atoms with Crippen LogP contribution in [0.2, 0.25) is 0 Å². The number of benzene rings is 2. The minimum absolute atomic E-state index is 0.0982. The van der Waals surface area contributed by atoms with Crippen LogP contribution in [0.15, 0.2) is 72.9 Å². The number of hydrogen-bond acceptors (Lipinski definition) is 5. The van der Waals surface area contributed by atoms with Crippen LogP contribution in [0.25, 0.3) is 22.5 Å². The number of hydrogen-bond donors (Lipinski definition) is 3. The van der Waals surface area contributed by atoms with Crippen LogP contribution < -0.4 is 5.32 Å². The second kappa shape index (κ2) is 10.9. The van der Waals surface area contributed by atoms with Crippen molar-refractivity contribution in [3.8, 4) is 22.5 Å². The Balaban J connectivity index is 1.71. The first kappa shape index (κ1) is 26.0. The highest BCUT2D eigenvalue weighted by atomic mass is 19.3. The van der Waals surface area contributed by atoms with Gasteiger partial charge in [-0.2, -0.15) is 13.9 Å². The zero-order valence-electron chi connectivity index (χ0n) is 19.5. The summed E-state index contributed by atoms with van der Waals surface area (Å²) in [5, 5.41) is 18.6. The fourth-order valence-electron chi connectivity index (χ4n) is 3.88. The number of aromatic amines is 1. The number of aliphatic hydroxyl groups is 1. The fourth-order valence-corrected chi connectivity index (χ4v) is 3.88. The SMILES string of the molecule is COC(CO)C(NC(=O)c1cccc(F)c1-c1cc(-c2ccc(F)cc2)n[nH]1)C(F)(F)c1ccccn1. The first-order chi connectivity index (χ1) is 17.8. The maximum absolute atomic E-state index is 15.5. The maximum atomic E-state index is 15.5. The predicted octanol–water partition coefficient (Wildman–Crippen LogP) is 4.31. The molecular formula is C26H22F4N4O3. The summed E-state index contributed by atoms with van der Waals surface area (Å²) in [4.78, 5) is 17.0. The van der Waals surface area contributed by atoms with Crippen LogP contribution >= 0.6 is 0 Å². The quantitative estimate of drug-likeness (QED) is 0.289. The van der Waals surface area contributed by atoms with Gasteiger partial charge in [0.1, 0.15) is 29.5 Å². The molecule has 2 heterocycles. The highest BCUT2D eigenvalue weighted by molar-refractivity contribution is 6.01. The Morgan fingerprint density at radius 3 is 2.51 bits per heavy atom. The predicted molar refractivity (Wildman–Crippen MR) is 127 cm³/mol. The van der Waals surface area contributed by atoms with Crippen molar-refractivity contribution in [1.82, 2.24) is 20.5 Å². The lowest BCUT2D eigenvalue weighted by Gasteiger charge is -2.32. The van der Waals surface area contributed by atoms with E-state index < -0.39 is 47.9 Å². The zero-order valence-corrected chi connectivity index (χ0v) is 19.5. The van der Waals surface area contributed by atoms with Crippen molar-refractivity contribution < 1.29 is 32.2 Å². The minimum atomic E-state index is -3.75. The molecule has 1 amide bonds. The molecule has 2 unspecified atom stereocenters. The molecule has 192 valence electrons. The average molecular weight is 514 g/mol. The number of amides is 1. The molecular weight excluding hydrogens is 492 g/mol. The molecule has 0 aliphatic carbocycles. The van der Waals surface area contributed by atoms with E-state index in [-0.39, 0.29) is 16.8 Å². The van der Waals surface area contributed by atoms with E-state index in [4.69, 9.17) is 4.74 Å². The second-order valence-electron chi connectivity index (χ2n) is 8.08. The first-order valence-electron chi connectivity index (χ1n) is 11.1. The van der Waals surface area contributed by atoms with Gasteiger partial charge in [-0.3, -0.25) is 14.9 Å². The smallest absolute Gasteiger partial charge is 0.312 e. The van der Waals surface area contributed by atoms with E-state index in [0.717, 1.165) is 19.2 Å². The number of ether oxygens (including phenoxy) is 1. The van der Waals surface area contributed by atoms with E-state index in [1.54, 1.807) is 0 Å². The van der Waals surface area contributed by atoms with Gasteiger partial charge in [0.2, 0.25) is 0 Å². The largest absolute Gasteiger partial charge is 0.394 e. The number of nitrogens with one attached hydrogen (secondary N) is 2. The summed E-state index contributed by atoms with van der Waals surface area (Å²) >= 11 is 0. The normalized spacial score (nSPS) is 13.2. The summed E-state index contributed by atoms with van der Waals surface area (Å²) in [5.41, 5.74) is -0.132. The maximum Gasteiger partial charge on any atom is 0.312 e. The van der Waals surface area contributed by atoms with Crippen LogP contribution in [0.3, 0.4) is 0 Å². The lowest BCUT2D eigenvalue weighted by molar-refractivity contribution is -0.104. The number of carbonyl (C=O) groups excluding carboxylic acids is 1. The van der Waals surface area contributed by atoms with Crippen molar-refractivity contribution in [2.75, 3.05) is 13.7 Å². The second-order valence-corrected chi connectivity index (χ2v) is 8.08. The summed E-state index contributed by atoms with van der Waals surface area (Å²) in [6.07, 6.45) is -0.333. The number of halogens is 4. The molecule has 0 aliphatic rings. The number of nitrogens with zero attached hydrogens (tertiary/aromatic N) is 2. The van der Waals surface area contributed by atoms with E-state index in [0.29, 0.717) is 11.3 Å². The molecule has 3 N–H and O–H groups in total. The van der Waals surface area contributed by atoms with E-state index in [9.17, 15) is 18.7 Å². The van der Waals surface area contributed by atoms with Crippen molar-refractivity contribution in [2.24, 2.45) is 0 Å². The molecule has 11 heteroatoms. The molecule has 7 nitrogen and oxygen atoms in total. The van der Waals surface area contributed by atoms with Crippen LogP contribution in [-0.4, -0.2) is 52.1 Å². The third kappa shape index (κ3) is 5.37. The number of carbonyl (C=O) groups is 1. The molecule has 4 rings (SSSR count). The third-order valence-electron chi connectivity index (χ3n) is 5.78. The average Bonchev–Trinajstić information content (AvgIpc) is 3.39. The van der Waals surface area contributed by atoms with Gasteiger partial charge in [-0.25, -0.2) is 8.78 Å². The minimum Gasteiger partial charge on any atom is -0.394 e. The third-order valence-corrected chi connectivity index (χ3v) is 5.78. The lowest BCUT2D eigenvalue weighted by atomic mass is 9.98. The molecule has 0 fully saturated rings. The van der Waals surface area contributed by atoms with Gasteiger partial charge < -0.3 is 15.2 Å². The number of rotatable bonds is 9. The monoisotopic (exact) mass is 514 g/mol. The van der Waals surface area contributed by atoms with E-state index in [1.807, 2.05) is 0 Å². The van der Waals surface area contributed by atoms with E-state index >= 15 is 8.78 Å². The summed E-state index contributed by atoms with van der Waals surface area (Å²) in [5.74, 6) is -6.04. The van der Waals surface area contributed by atoms with Gasteiger partial charge in [-0.1, -0.05) is 12.1 Å². The van der Waals surface area contributed by atoms with Crippen molar-refractivity contribution in [2.45, 2.75) is 18.1 Å². The molecule has 0 spiro atoms. The summed E-state index contributed by atoms with van der Waals surface area (Å²) in [7, 11) is 1.11. The standard InChI is InChI=1S/C26H22F4N4O3/c1-37-21(14-35)24(26(29,30)22-7-2-3-12-31-22)32-25(36)17-5-4-6-18(28)23(17)20-13-19(33-34-20)15-8-10-16(27)11-9-15/h2-13,21,24,35H,14H2,1H3,(H,32,36)(H,33,34). The fraction of sp³-hybridized carbons (Fsp3) is 0.192. The Bertz CT molecular complexity index is 1360. The molecule has 2 aromatic heterocycles. The Morgan fingerprint density at radius 2 is 1.86 bits per heavy atom. The number of alkyl halides is 2. The Hall–Kier alpha value is -4.09. The Morgan fingerprint density at radius 1 is 1.11 bits per heavy atom. The molecule has 2 aromatic carbocycles. The molecule has 0 saturated heterocycles. The molecule has 2 atom stereocenters. The van der Waals surface area contributed by atoms with E-state index in [2.05, 4.69) is 20.5 Å². The van der Waals surface area contributed by atoms with E-state index in [1.165, 1.54) is 60.8 Å². The highest BCUT2D eigenvalue weighted by Crippen LogP contribution is 2.34. The van der Waals surface area contributed by atoms with Crippen LogP contribution in [-0.2, 0) is 10.7 Å². The molecule has 0 bridgehead atoms. The number of methoxy groups -OCH3 is 1. The summed E-state index contributed by atoms with van der Waals surface area (Å²) < 4.78 is 64.2. The highest BCUT2D eigenvalue weighted by Gasteiger charge is 2.48. The summed E-state index contributed by atoms with van der Waals surface area (Å²) in [6, 6.07) is 12.4. The Kier molecular flexibility index (Phi) is 7.65. The van der Waals surface area contributed by atoms with Crippen LogP contribution in [0, 0.1) is 11.6 Å². The van der Waals surface area contributed by atoms with Crippen molar-refractivity contribution in [3.05, 3.63) is 95.8 Å². The summed E-state index contributed by atoms with van der Waals surface area (Å²) in [6.45, 7) is -0.832. The van der Waals surface area contributed by atoms with Crippen molar-refractivity contribution >= 4 is 5.91 Å². The van der Waals surface area contributed by atoms with Gasteiger partial charge in [0.15, 0.2) is 0 Å². The molecule has 4 aromatic rings. The van der Waals surface area contributed by atoms with Crippen LogP contribution in [0.1, 0.15) is 16.1 Å². The Labute approximate surface area is 209 Å². The first-order valence-corrected chi connectivity index (χ1v) is 11.1. The molecule has 37 heavy (non-hydrogen) atoms. The molecule has 0 aliphatic heterocycles. The number of aromatic nitrogens is 3. The van der Waals surface area contributed by atoms with Crippen molar-refractivity contribution in [3.63, 3.8) is 0 Å². The van der Waals surface area contributed by atoms with Gasteiger partial charge in [0.25, 0.3) is 5.91 Å². The molecule has 0 radical (unpaired) electrons. The number of H-pyrrole nitrogens is 1. The number of aliphatic hydroxyl groups excluding tert-OH is 1. The van der Waals surface area contributed by atoms with Gasteiger partial charge in [-0.15, -0.1) is 0 Å². The van der Waals surface area contributed by atoms with Crippen LogP contribution in [0.4, 0.5) is 17.6 Å². The van der Waals surface area contributed by atoms with Gasteiger partial charge in [0, 0.05) is 24.4 Å².